The first-order valence-electron chi connectivity index (χ1n) is 27.1. The fourth-order valence-electron chi connectivity index (χ4n) is 11.2. The first-order chi connectivity index (χ1) is 36.3. The van der Waals surface area contributed by atoms with Crippen LogP contribution in [0.15, 0.2) is 47.5 Å². The van der Waals surface area contributed by atoms with E-state index in [2.05, 4.69) is 15.6 Å². The van der Waals surface area contributed by atoms with E-state index < -0.39 is 101 Å². The lowest BCUT2D eigenvalue weighted by atomic mass is 9.77. The highest BCUT2D eigenvalue weighted by atomic mass is 35.5. The first kappa shape index (κ1) is 61.4. The number of aliphatic hydroxyl groups is 3. The van der Waals surface area contributed by atoms with Gasteiger partial charge in [-0.15, -0.1) is 0 Å². The molecular weight excluding hydrogens is 1020 g/mol. The van der Waals surface area contributed by atoms with Crippen molar-refractivity contribution in [3.05, 3.63) is 69.2 Å². The van der Waals surface area contributed by atoms with Gasteiger partial charge >= 0.3 is 23.9 Å². The molecule has 3 fully saturated rings. The van der Waals surface area contributed by atoms with Crippen LogP contribution in [-0.4, -0.2) is 177 Å². The van der Waals surface area contributed by atoms with Crippen molar-refractivity contribution in [3.63, 3.8) is 0 Å². The van der Waals surface area contributed by atoms with E-state index in [1.807, 2.05) is 42.3 Å². The third kappa shape index (κ3) is 15.1. The number of cyclic esters (lactones) is 1. The van der Waals surface area contributed by atoms with Gasteiger partial charge in [-0.25, -0.2) is 4.79 Å². The molecule has 1 aromatic carbocycles. The Labute approximate surface area is 457 Å². The summed E-state index contributed by atoms with van der Waals surface area (Å²) in [6.45, 7) is 15.2. The molecule has 0 amide bonds. The molecule has 77 heavy (non-hydrogen) atoms. The van der Waals surface area contributed by atoms with Crippen LogP contribution in [0.2, 0.25) is 5.02 Å². The van der Waals surface area contributed by atoms with Crippen LogP contribution in [0.25, 0.3) is 10.9 Å². The van der Waals surface area contributed by atoms with Crippen molar-refractivity contribution in [2.75, 3.05) is 52.6 Å². The lowest BCUT2D eigenvalue weighted by molar-refractivity contribution is -0.301. The zero-order valence-corrected chi connectivity index (χ0v) is 47.3. The number of rotatable bonds is 18. The standard InChI is InChI=1S/C56H83ClN6O14/c1-12-44-56(8,72)50(68)35(6)62(11)29-31(2)28-55(7,77-45(64)19-23-58-20-15-22-60-41-26-38-42(27-40(41)57)63(37-17-18-37)30-39(47(38)66)52(69)70)51(76-54-48(67)43(61(9)10)24-32(3)73-54)33(4)49(34(5)53(71)74-44)75-46(65)25-36-16-13-14-21-59-36/h13-14,16,21,26-27,30-35,37,43-44,48-51,54,58,60,67-68,72H,12,15,17-20,22-25,28-29H2,1-11H3,(H,69,70)/t31-,32-,33+,34-,35-,43+,44-,48-,49+,50-,51-,54+,55-,56-/m1/s1. The third-order valence-corrected chi connectivity index (χ3v) is 16.0. The number of carbonyl (C=O) groups excluding carboxylic acids is 3. The average molecular weight is 1100 g/mol. The normalized spacial score (nSPS) is 32.0. The molecule has 6 rings (SSSR count). The highest BCUT2D eigenvalue weighted by Gasteiger charge is 2.53. The van der Waals surface area contributed by atoms with Crippen LogP contribution in [0, 0.1) is 17.8 Å². The fourth-order valence-corrected chi connectivity index (χ4v) is 11.5. The highest BCUT2D eigenvalue weighted by molar-refractivity contribution is 6.34. The number of aromatic nitrogens is 2. The molecule has 1 saturated carbocycles. The predicted molar refractivity (Wildman–Crippen MR) is 290 cm³/mol. The first-order valence-corrected chi connectivity index (χ1v) is 27.5. The number of hydrogen-bond donors (Lipinski definition) is 6. The third-order valence-electron chi connectivity index (χ3n) is 15.7. The van der Waals surface area contributed by atoms with Crippen LogP contribution >= 0.6 is 11.6 Å². The Morgan fingerprint density at radius 2 is 1.73 bits per heavy atom. The lowest BCUT2D eigenvalue weighted by Gasteiger charge is -2.48. The molecule has 1 aliphatic carbocycles. The van der Waals surface area contributed by atoms with Crippen molar-refractivity contribution in [3.8, 4) is 0 Å². The molecular formula is C56H83ClN6O14. The van der Waals surface area contributed by atoms with Crippen molar-refractivity contribution in [2.45, 2.75) is 179 Å². The van der Waals surface area contributed by atoms with E-state index in [4.69, 9.17) is 35.3 Å². The van der Waals surface area contributed by atoms with Crippen molar-refractivity contribution >= 4 is 52.1 Å². The predicted octanol–water partition coefficient (Wildman–Crippen LogP) is 5.20. The summed E-state index contributed by atoms with van der Waals surface area (Å²) in [6, 6.07) is 7.47. The number of pyridine rings is 2. The Kier molecular flexibility index (Phi) is 21.1. The zero-order chi connectivity index (χ0) is 56.7. The molecule has 14 atom stereocenters. The van der Waals surface area contributed by atoms with E-state index in [9.17, 15) is 44.4 Å². The average Bonchev–Trinajstić information content (AvgIpc) is 4.24. The molecule has 0 bridgehead atoms. The number of likely N-dealkylation sites (N-methyl/N-ethyl adjacent to an activating group) is 2. The number of nitrogens with zero attached hydrogens (tertiary/aromatic N) is 4. The number of hydrogen-bond acceptors (Lipinski definition) is 18. The molecule has 0 radical (unpaired) electrons. The van der Waals surface area contributed by atoms with E-state index in [0.717, 1.165) is 12.8 Å². The van der Waals surface area contributed by atoms with Gasteiger partial charge in [0, 0.05) is 61.5 Å². The van der Waals surface area contributed by atoms with Gasteiger partial charge in [-0.3, -0.25) is 24.2 Å². The zero-order valence-electron chi connectivity index (χ0n) is 46.6. The highest BCUT2D eigenvalue weighted by Crippen LogP contribution is 2.41. The summed E-state index contributed by atoms with van der Waals surface area (Å²) in [5.74, 6) is -5.91. The Morgan fingerprint density at radius 1 is 1.01 bits per heavy atom. The minimum atomic E-state index is -1.91. The maximum absolute atomic E-state index is 14.5. The number of esters is 3. The molecule has 4 heterocycles. The smallest absolute Gasteiger partial charge is 0.341 e. The number of anilines is 1. The molecule has 0 spiro atoms. The molecule has 428 valence electrons. The van der Waals surface area contributed by atoms with E-state index in [0.29, 0.717) is 54.4 Å². The summed E-state index contributed by atoms with van der Waals surface area (Å²) in [7, 11) is 5.50. The lowest BCUT2D eigenvalue weighted by Crippen LogP contribution is -2.60. The molecule has 0 unspecified atom stereocenters. The summed E-state index contributed by atoms with van der Waals surface area (Å²) < 4.78 is 34.2. The second-order valence-corrected chi connectivity index (χ2v) is 22.9. The number of carboxylic acids is 1. The summed E-state index contributed by atoms with van der Waals surface area (Å²) >= 11 is 6.69. The van der Waals surface area contributed by atoms with Crippen LogP contribution in [0.5, 0.6) is 0 Å². The molecule has 2 saturated heterocycles. The number of nitrogens with one attached hydrogen (secondary N) is 2. The van der Waals surface area contributed by atoms with Gasteiger partial charge in [0.1, 0.15) is 47.3 Å². The van der Waals surface area contributed by atoms with Gasteiger partial charge in [0.05, 0.1) is 46.8 Å². The maximum atomic E-state index is 14.5. The Hall–Kier alpha value is -4.77. The molecule has 3 aliphatic rings. The summed E-state index contributed by atoms with van der Waals surface area (Å²) in [5.41, 5.74) is -2.88. The topological polar surface area (TPSA) is 261 Å². The number of fused-ring (bicyclic) bond motifs is 1. The van der Waals surface area contributed by atoms with Crippen molar-refractivity contribution in [1.29, 1.82) is 0 Å². The van der Waals surface area contributed by atoms with Crippen LogP contribution < -0.4 is 16.1 Å². The van der Waals surface area contributed by atoms with E-state index in [1.54, 1.807) is 78.2 Å². The summed E-state index contributed by atoms with van der Waals surface area (Å²) in [4.78, 5) is 76.1. The van der Waals surface area contributed by atoms with E-state index in [-0.39, 0.29) is 61.2 Å². The van der Waals surface area contributed by atoms with Crippen LogP contribution in [-0.2, 0) is 44.5 Å². The van der Waals surface area contributed by atoms with Gasteiger partial charge in [0.25, 0.3) is 0 Å². The summed E-state index contributed by atoms with van der Waals surface area (Å²) in [5, 5.41) is 52.6. The van der Waals surface area contributed by atoms with Gasteiger partial charge < -0.3 is 69.1 Å². The number of carboxylic acid groups (broad SMARTS) is 1. The van der Waals surface area contributed by atoms with Crippen LogP contribution in [0.1, 0.15) is 122 Å². The number of benzene rings is 1. The van der Waals surface area contributed by atoms with Crippen LogP contribution in [0.3, 0.4) is 0 Å². The molecule has 3 aromatic rings. The Balaban J connectivity index is 1.27. The summed E-state index contributed by atoms with van der Waals surface area (Å²) in [6.07, 6.45) is -2.19. The molecule has 20 nitrogen and oxygen atoms in total. The fraction of sp³-hybridized carbons (Fsp3) is 0.679. The minimum absolute atomic E-state index is 0.0850. The number of halogens is 1. The van der Waals surface area contributed by atoms with Gasteiger partial charge in [0.2, 0.25) is 5.43 Å². The number of aliphatic hydroxyl groups excluding tert-OH is 2. The minimum Gasteiger partial charge on any atom is -0.477 e. The van der Waals surface area contributed by atoms with Crippen molar-refractivity contribution < 1.29 is 63.3 Å². The van der Waals surface area contributed by atoms with Gasteiger partial charge in [-0.1, -0.05) is 38.4 Å². The largest absolute Gasteiger partial charge is 0.477 e. The molecule has 2 aliphatic heterocycles. The monoisotopic (exact) mass is 1100 g/mol. The van der Waals surface area contributed by atoms with Crippen molar-refractivity contribution in [2.24, 2.45) is 17.8 Å². The van der Waals surface area contributed by atoms with Gasteiger partial charge in [-0.05, 0) is 131 Å². The Morgan fingerprint density at radius 3 is 2.36 bits per heavy atom. The van der Waals surface area contributed by atoms with Crippen molar-refractivity contribution in [1.82, 2.24) is 24.7 Å². The SMILES string of the molecule is CC[C@H]1OC(=O)[C@H](C)[C@@H](OC(=O)Cc2ccccn2)[C@H](C)[C@@H](O[C@@H]2O[C@H](C)C[C@H](N(C)C)[C@H]2O)[C@](C)(OC(=O)CCNCCCNc2cc3c(=O)c(C(=O)O)cn(C4CC4)c3cc2Cl)C[C@@H](C)CN(C)[C@H](C)[C@@H](O)[C@]1(C)O. The molecule has 21 heteroatoms. The quantitative estimate of drug-likeness (QED) is 0.0543. The molecule has 2 aromatic heterocycles. The van der Waals surface area contributed by atoms with Crippen LogP contribution in [0.4, 0.5) is 5.69 Å². The number of carbonyl (C=O) groups is 4. The van der Waals surface area contributed by atoms with Gasteiger partial charge in [-0.2, -0.15) is 0 Å². The van der Waals surface area contributed by atoms with Gasteiger partial charge in [0.15, 0.2) is 6.29 Å². The van der Waals surface area contributed by atoms with E-state index >= 15 is 0 Å². The second-order valence-electron chi connectivity index (χ2n) is 22.5. The Bertz CT molecular complexity index is 2570. The number of ether oxygens (including phenoxy) is 5. The molecule has 6 N–H and O–H groups in total. The van der Waals surface area contributed by atoms with E-state index in [1.165, 1.54) is 13.1 Å². The maximum Gasteiger partial charge on any atom is 0.341 e. The number of aromatic carboxylic acids is 1. The second kappa shape index (κ2) is 26.5.